The van der Waals surface area contributed by atoms with Gasteiger partial charge >= 0.3 is 0 Å². The molecule has 3 fully saturated rings. The lowest BCUT2D eigenvalue weighted by Gasteiger charge is -2.49. The molecule has 8 bridgehead atoms. The number of fused-ring (bicyclic) bond motifs is 2. The number of aromatic hydroxyl groups is 2. The molecule has 5 aliphatic carbocycles. The van der Waals surface area contributed by atoms with Crippen molar-refractivity contribution < 1.29 is 44.5 Å². The monoisotopic (exact) mass is 1000 g/mol. The number of aliphatic hydroxyl groups excluding tert-OH is 3. The van der Waals surface area contributed by atoms with E-state index in [2.05, 4.69) is 44.3 Å². The number of phenols is 2. The molecule has 396 valence electrons. The molecule has 73 heavy (non-hydrogen) atoms. The third kappa shape index (κ3) is 9.99. The fourth-order valence-electron chi connectivity index (χ4n) is 16.0. The molecule has 2 spiro atoms. The van der Waals surface area contributed by atoms with E-state index in [-0.39, 0.29) is 64.8 Å². The van der Waals surface area contributed by atoms with Gasteiger partial charge in [-0.25, -0.2) is 0 Å². The summed E-state index contributed by atoms with van der Waals surface area (Å²) in [6.45, 7) is 7.56. The van der Waals surface area contributed by atoms with Crippen LogP contribution in [0.1, 0.15) is 157 Å². The van der Waals surface area contributed by atoms with E-state index in [0.717, 1.165) is 117 Å². The topological polar surface area (TPSA) is 196 Å². The molecule has 13 rings (SSSR count). The van der Waals surface area contributed by atoms with Crippen molar-refractivity contribution in [3.05, 3.63) is 76.4 Å². The Labute approximate surface area is 433 Å². The van der Waals surface area contributed by atoms with Crippen molar-refractivity contribution in [1.29, 1.82) is 0 Å². The number of ether oxygens (including phenoxy) is 3. The SMILES string of the molecule is CCC1CC2C=CC1CC(O)CC1(CCCC1CC=O)CN=C(N)NCCC1C(CCC3(CCCC3)C1CO)Oc1cc(ccc1O)C1Oc3cc(OC)c4c(c3CC1O)C2Cc1cc(O)c(CC(C)C)cc1-4. The highest BCUT2D eigenvalue weighted by Crippen LogP contribution is 2.58. The van der Waals surface area contributed by atoms with Crippen molar-refractivity contribution in [2.24, 2.45) is 63.0 Å². The van der Waals surface area contributed by atoms with Gasteiger partial charge in [0.2, 0.25) is 0 Å². The Kier molecular flexibility index (Phi) is 15.2. The Bertz CT molecular complexity index is 2530. The average molecular weight is 1000 g/mol. The van der Waals surface area contributed by atoms with E-state index < -0.39 is 18.3 Å². The normalized spacial score (nSPS) is 32.9. The maximum absolute atomic E-state index is 12.4. The number of guanidine groups is 1. The van der Waals surface area contributed by atoms with Crippen molar-refractivity contribution in [3.8, 4) is 39.9 Å². The minimum Gasteiger partial charge on any atom is -0.508 e. The van der Waals surface area contributed by atoms with Crippen LogP contribution in [0.4, 0.5) is 0 Å². The lowest BCUT2D eigenvalue weighted by atomic mass is 9.59. The van der Waals surface area contributed by atoms with E-state index in [1.165, 1.54) is 0 Å². The smallest absolute Gasteiger partial charge is 0.188 e. The first-order chi connectivity index (χ1) is 35.3. The maximum atomic E-state index is 12.4. The summed E-state index contributed by atoms with van der Waals surface area (Å²) < 4.78 is 20.3. The van der Waals surface area contributed by atoms with E-state index >= 15 is 0 Å². The Hall–Kier alpha value is -4.78. The predicted octanol–water partition coefficient (Wildman–Crippen LogP) is 10.0. The van der Waals surface area contributed by atoms with Gasteiger partial charge in [0.1, 0.15) is 35.7 Å². The van der Waals surface area contributed by atoms with Crippen molar-refractivity contribution in [2.75, 3.05) is 26.8 Å². The van der Waals surface area contributed by atoms with Crippen LogP contribution in [-0.2, 0) is 24.1 Å². The molecule has 12 heteroatoms. The number of benzene rings is 3. The van der Waals surface area contributed by atoms with Crippen molar-refractivity contribution in [2.45, 2.75) is 167 Å². The lowest BCUT2D eigenvalue weighted by Crippen LogP contribution is -2.49. The molecular formula is C61H83N3O9. The van der Waals surface area contributed by atoms with Crippen molar-refractivity contribution >= 4 is 12.2 Å². The van der Waals surface area contributed by atoms with Crippen LogP contribution in [0.3, 0.4) is 0 Å². The largest absolute Gasteiger partial charge is 0.508 e. The van der Waals surface area contributed by atoms with E-state index in [1.807, 2.05) is 24.3 Å². The predicted molar refractivity (Wildman–Crippen MR) is 284 cm³/mol. The number of aliphatic imine (C=N–C) groups is 1. The summed E-state index contributed by atoms with van der Waals surface area (Å²) in [6.07, 6.45) is 18.0. The molecule has 10 aliphatic rings. The number of nitrogens with two attached hydrogens (primary N) is 1. The molecule has 12 unspecified atom stereocenters. The molecular weight excluding hydrogens is 919 g/mol. The minimum absolute atomic E-state index is 0.000160. The second-order valence-electron chi connectivity index (χ2n) is 24.1. The lowest BCUT2D eigenvalue weighted by molar-refractivity contribution is -0.109. The van der Waals surface area contributed by atoms with E-state index in [4.69, 9.17) is 24.9 Å². The van der Waals surface area contributed by atoms with Crippen LogP contribution in [0.2, 0.25) is 0 Å². The summed E-state index contributed by atoms with van der Waals surface area (Å²) in [5.74, 6) is 3.27. The summed E-state index contributed by atoms with van der Waals surface area (Å²) in [7, 11) is 1.70. The number of aldehydes is 1. The number of nitrogens with one attached hydrogen (secondary N) is 1. The van der Waals surface area contributed by atoms with Crippen LogP contribution in [0.15, 0.2) is 53.5 Å². The van der Waals surface area contributed by atoms with Crippen molar-refractivity contribution in [3.63, 3.8) is 0 Å². The molecule has 8 N–H and O–H groups in total. The summed E-state index contributed by atoms with van der Waals surface area (Å²) in [6, 6.07) is 11.4. The number of aliphatic hydroxyl groups is 3. The molecule has 3 saturated carbocycles. The Morgan fingerprint density at radius 2 is 1.71 bits per heavy atom. The average Bonchev–Trinajstić information content (AvgIpc) is 4.01. The molecule has 3 aromatic rings. The second-order valence-corrected chi connectivity index (χ2v) is 24.1. The summed E-state index contributed by atoms with van der Waals surface area (Å²) >= 11 is 0. The van der Waals surface area contributed by atoms with Gasteiger partial charge in [0.15, 0.2) is 17.5 Å². The number of hydrogen-bond acceptors (Lipinski definition) is 12. The Morgan fingerprint density at radius 1 is 0.918 bits per heavy atom. The highest BCUT2D eigenvalue weighted by atomic mass is 16.5. The van der Waals surface area contributed by atoms with Gasteiger partial charge in [0.05, 0.1) is 19.3 Å². The first-order valence-electron chi connectivity index (χ1n) is 28.1. The minimum atomic E-state index is -0.925. The number of carbonyl (C=O) groups is 1. The quantitative estimate of drug-likeness (QED) is 0.0879. The van der Waals surface area contributed by atoms with E-state index in [9.17, 15) is 30.3 Å². The van der Waals surface area contributed by atoms with E-state index in [1.54, 1.807) is 13.2 Å². The standard InChI is InChI=1S/C61H83N3O9/c1-5-36-24-38-11-10-37(36)25-43(67)32-61(19-8-9-42(61)16-22-65)34-64-59(62)63-21-15-44-48(33-66)60(17-6-7-18-60)20-14-52(44)72-54-29-39(12-13-49(54)68)58-51(70)30-47-53(73-58)31-55(71-4)57-46-27-41(23-35(2)3)50(69)28-40(46)26-45(38)56(47)57/h10-13,22,27-29,31,35-38,42-45,48,51-52,58,66-70H,5-9,14-21,23-26,30,32-34H2,1-4H3,(H3,62,63,64). The third-order valence-corrected chi connectivity index (χ3v) is 19.6. The molecule has 0 saturated heterocycles. The number of hydrogen-bond donors (Lipinski definition) is 7. The fraction of sp³-hybridized carbons (Fsp3) is 0.639. The highest BCUT2D eigenvalue weighted by molar-refractivity contribution is 5.84. The fourth-order valence-corrected chi connectivity index (χ4v) is 16.0. The molecule has 0 radical (unpaired) electrons. The van der Waals surface area contributed by atoms with Crippen LogP contribution in [-0.4, -0.2) is 82.9 Å². The molecule has 5 heterocycles. The maximum Gasteiger partial charge on any atom is 0.188 e. The zero-order chi connectivity index (χ0) is 51.2. The first kappa shape index (κ1) is 51.7. The van der Waals surface area contributed by atoms with Gasteiger partial charge in [-0.1, -0.05) is 64.7 Å². The molecule has 12 atom stereocenters. The number of nitrogens with zero attached hydrogens (tertiary/aromatic N) is 1. The summed E-state index contributed by atoms with van der Waals surface area (Å²) in [4.78, 5) is 17.1. The van der Waals surface area contributed by atoms with Gasteiger partial charge in [0, 0.05) is 55.6 Å². The first-order valence-corrected chi connectivity index (χ1v) is 28.1. The van der Waals surface area contributed by atoms with Gasteiger partial charge in [-0.3, -0.25) is 4.99 Å². The molecule has 0 aromatic heterocycles. The number of phenolic OH excluding ortho intramolecular Hbond substituents is 2. The number of allylic oxidation sites excluding steroid dienone is 2. The highest BCUT2D eigenvalue weighted by Gasteiger charge is 2.51. The van der Waals surface area contributed by atoms with Crippen molar-refractivity contribution in [1.82, 2.24) is 5.32 Å². The molecule has 3 aromatic carbocycles. The third-order valence-electron chi connectivity index (χ3n) is 19.6. The zero-order valence-electron chi connectivity index (χ0n) is 43.9. The van der Waals surface area contributed by atoms with Gasteiger partial charge in [-0.2, -0.15) is 0 Å². The van der Waals surface area contributed by atoms with Crippen LogP contribution < -0.4 is 25.3 Å². The zero-order valence-corrected chi connectivity index (χ0v) is 43.9. The van der Waals surface area contributed by atoms with Crippen LogP contribution in [0, 0.1) is 52.3 Å². The Balaban J connectivity index is 1.08. The molecule has 0 amide bonds. The molecule has 12 nitrogen and oxygen atoms in total. The van der Waals surface area contributed by atoms with Gasteiger partial charge in [-0.15, -0.1) is 0 Å². The van der Waals surface area contributed by atoms with Gasteiger partial charge < -0.3 is 55.6 Å². The summed E-state index contributed by atoms with van der Waals surface area (Å²) in [5.41, 5.74) is 13.2. The van der Waals surface area contributed by atoms with E-state index in [0.29, 0.717) is 98.0 Å². The molecule has 5 aliphatic heterocycles. The van der Waals surface area contributed by atoms with Crippen LogP contribution in [0.5, 0.6) is 28.7 Å². The van der Waals surface area contributed by atoms with Crippen LogP contribution in [0.25, 0.3) is 11.1 Å². The number of carbonyl (C=O) groups excluding carboxylic acids is 1. The second kappa shape index (κ2) is 21.5. The Morgan fingerprint density at radius 3 is 2.47 bits per heavy atom. The summed E-state index contributed by atoms with van der Waals surface area (Å²) in [5, 5.41) is 62.2. The number of rotatable bonds is 7. The van der Waals surface area contributed by atoms with Crippen LogP contribution >= 0.6 is 0 Å². The van der Waals surface area contributed by atoms with Gasteiger partial charge in [-0.05, 0) is 181 Å². The van der Waals surface area contributed by atoms with Gasteiger partial charge in [0.25, 0.3) is 0 Å². The number of methoxy groups -OCH3 is 1.